The number of carbonyl (C=O) groups is 1. The summed E-state index contributed by atoms with van der Waals surface area (Å²) in [6, 6.07) is 17.6. The van der Waals surface area contributed by atoms with E-state index in [1.165, 1.54) is 30.6 Å². The second-order valence-electron chi connectivity index (χ2n) is 12.8. The number of aromatic nitrogens is 2. The molecule has 4 aromatic rings. The molecule has 13 heteroatoms. The highest BCUT2D eigenvalue weighted by atomic mass is 35.5. The van der Waals surface area contributed by atoms with Crippen LogP contribution in [0.15, 0.2) is 60.7 Å². The number of nitrogens with zero attached hydrogens (tertiary/aromatic N) is 4. The fourth-order valence-corrected chi connectivity index (χ4v) is 6.83. The van der Waals surface area contributed by atoms with Gasteiger partial charge in [0.25, 0.3) is 5.91 Å². The van der Waals surface area contributed by atoms with Gasteiger partial charge in [-0.3, -0.25) is 4.79 Å². The molecule has 5 rings (SSSR count). The molecule has 0 bridgehead atoms. The number of ether oxygens (including phenoxy) is 2. The third kappa shape index (κ3) is 9.76. The van der Waals surface area contributed by atoms with E-state index in [2.05, 4.69) is 44.6 Å². The number of unbranched alkanes of at least 4 members (excludes halogenated alkanes) is 2. The maximum absolute atomic E-state index is 13.6. The van der Waals surface area contributed by atoms with Crippen LogP contribution in [-0.4, -0.2) is 78.0 Å². The van der Waals surface area contributed by atoms with Crippen molar-refractivity contribution >= 4 is 46.1 Å². The van der Waals surface area contributed by atoms with Gasteiger partial charge in [0.05, 0.1) is 33.8 Å². The zero-order chi connectivity index (χ0) is 35.8. The molecule has 0 saturated carbocycles. The number of nitrogens with one attached hydrogen (secondary N) is 1. The molecule has 270 valence electrons. The summed E-state index contributed by atoms with van der Waals surface area (Å²) < 4.78 is 51.2. The van der Waals surface area contributed by atoms with Gasteiger partial charge < -0.3 is 29.2 Å². The Kier molecular flexibility index (Phi) is 12.8. The minimum atomic E-state index is -4.96. The van der Waals surface area contributed by atoms with E-state index >= 15 is 0 Å². The van der Waals surface area contributed by atoms with Crippen LogP contribution in [0, 0.1) is 0 Å². The second kappa shape index (κ2) is 17.0. The van der Waals surface area contributed by atoms with Gasteiger partial charge in [-0.25, -0.2) is 4.98 Å². The number of likely N-dealkylation sites (tertiary alicyclic amines) is 1. The molecule has 1 unspecified atom stereocenters. The predicted octanol–water partition coefficient (Wildman–Crippen LogP) is 9.26. The van der Waals surface area contributed by atoms with Crippen molar-refractivity contribution in [1.29, 1.82) is 0 Å². The lowest BCUT2D eigenvalue weighted by Gasteiger charge is -2.34. The summed E-state index contributed by atoms with van der Waals surface area (Å²) >= 11 is 12.6. The molecule has 0 radical (unpaired) electrons. The Morgan fingerprint density at radius 1 is 1.04 bits per heavy atom. The molecule has 2 heterocycles. The Morgan fingerprint density at radius 3 is 2.50 bits per heavy atom. The SMILES string of the molecule is CCCCCn1c(NC2CCN(CCC(CN(C)C(=O)c3cc(OC)ccc3OC(F)(F)F)c3ccc(Cl)c(Cl)c3)CC2)nc2ccccc21. The van der Waals surface area contributed by atoms with Gasteiger partial charge in [0, 0.05) is 45.2 Å². The number of likely N-dealkylation sites (N-methyl/N-ethyl adjacent to an activating group) is 1. The van der Waals surface area contributed by atoms with E-state index in [0.29, 0.717) is 22.5 Å². The number of rotatable bonds is 15. The molecule has 3 aromatic carbocycles. The molecule has 1 saturated heterocycles. The topological polar surface area (TPSA) is 71.9 Å². The molecular weight excluding hydrogens is 690 g/mol. The molecule has 1 N–H and O–H groups in total. The minimum Gasteiger partial charge on any atom is -0.497 e. The number of fused-ring (bicyclic) bond motifs is 1. The van der Waals surface area contributed by atoms with E-state index in [1.807, 2.05) is 12.1 Å². The van der Waals surface area contributed by atoms with Crippen molar-refractivity contribution in [1.82, 2.24) is 19.4 Å². The number of carbonyl (C=O) groups excluding carboxylic acids is 1. The maximum atomic E-state index is 13.6. The highest BCUT2D eigenvalue weighted by Gasteiger charge is 2.34. The lowest BCUT2D eigenvalue weighted by molar-refractivity contribution is -0.274. The third-order valence-electron chi connectivity index (χ3n) is 9.25. The summed E-state index contributed by atoms with van der Waals surface area (Å²) in [6.45, 7) is 5.90. The van der Waals surface area contributed by atoms with E-state index in [0.717, 1.165) is 80.5 Å². The fraction of sp³-hybridized carbons (Fsp3) is 0.459. The molecule has 1 atom stereocenters. The van der Waals surface area contributed by atoms with Crippen LogP contribution in [0.3, 0.4) is 0 Å². The van der Waals surface area contributed by atoms with Gasteiger partial charge in [0.15, 0.2) is 0 Å². The predicted molar refractivity (Wildman–Crippen MR) is 193 cm³/mol. The highest BCUT2D eigenvalue weighted by Crippen LogP contribution is 2.33. The van der Waals surface area contributed by atoms with Crippen LogP contribution >= 0.6 is 23.2 Å². The first kappa shape index (κ1) is 37.6. The van der Waals surface area contributed by atoms with Crippen molar-refractivity contribution in [2.45, 2.75) is 70.3 Å². The number of piperidine rings is 1. The molecule has 50 heavy (non-hydrogen) atoms. The maximum Gasteiger partial charge on any atom is 0.573 e. The quantitative estimate of drug-likeness (QED) is 0.123. The fourth-order valence-electron chi connectivity index (χ4n) is 6.52. The summed E-state index contributed by atoms with van der Waals surface area (Å²) in [5.41, 5.74) is 2.78. The van der Waals surface area contributed by atoms with Gasteiger partial charge in [-0.05, 0) is 80.3 Å². The molecule has 1 aromatic heterocycles. The van der Waals surface area contributed by atoms with Crippen molar-refractivity contribution in [3.63, 3.8) is 0 Å². The number of benzene rings is 3. The number of anilines is 1. The van der Waals surface area contributed by atoms with Crippen molar-refractivity contribution in [3.05, 3.63) is 81.8 Å². The van der Waals surface area contributed by atoms with E-state index in [1.54, 1.807) is 19.2 Å². The molecule has 1 amide bonds. The van der Waals surface area contributed by atoms with E-state index in [9.17, 15) is 18.0 Å². The third-order valence-corrected chi connectivity index (χ3v) is 9.99. The Labute approximate surface area is 301 Å². The van der Waals surface area contributed by atoms with E-state index in [-0.39, 0.29) is 23.8 Å². The number of aryl methyl sites for hydroxylation is 1. The number of imidazole rings is 1. The summed E-state index contributed by atoms with van der Waals surface area (Å²) in [7, 11) is 2.94. The van der Waals surface area contributed by atoms with E-state index < -0.39 is 18.0 Å². The minimum absolute atomic E-state index is 0.171. The average molecular weight is 735 g/mol. The zero-order valence-electron chi connectivity index (χ0n) is 28.6. The largest absolute Gasteiger partial charge is 0.573 e. The van der Waals surface area contributed by atoms with Crippen LogP contribution in [-0.2, 0) is 6.54 Å². The van der Waals surface area contributed by atoms with Gasteiger partial charge in [0.2, 0.25) is 5.95 Å². The first-order chi connectivity index (χ1) is 24.0. The lowest BCUT2D eigenvalue weighted by atomic mass is 9.94. The summed E-state index contributed by atoms with van der Waals surface area (Å²) in [4.78, 5) is 22.3. The van der Waals surface area contributed by atoms with Crippen LogP contribution in [0.4, 0.5) is 19.1 Å². The van der Waals surface area contributed by atoms with Crippen LogP contribution in [0.5, 0.6) is 11.5 Å². The van der Waals surface area contributed by atoms with Crippen LogP contribution in [0.1, 0.15) is 67.3 Å². The number of para-hydroxylation sites is 2. The molecule has 1 aliphatic rings. The van der Waals surface area contributed by atoms with Crippen molar-refractivity contribution in [3.8, 4) is 11.5 Å². The Morgan fingerprint density at radius 2 is 1.80 bits per heavy atom. The molecule has 8 nitrogen and oxygen atoms in total. The normalized spacial score (nSPS) is 14.9. The molecule has 0 aliphatic carbocycles. The molecule has 1 fully saturated rings. The number of hydrogen-bond acceptors (Lipinski definition) is 6. The lowest BCUT2D eigenvalue weighted by Crippen LogP contribution is -2.40. The standard InChI is InChI=1S/C37H44Cl2F3N5O3/c1-4-5-8-18-47-33-10-7-6-9-32(33)44-36(47)43-27-16-20-46(21-17-27)19-15-26(25-11-13-30(38)31(39)22-25)24-45(2)35(48)29-23-28(49-3)12-14-34(29)50-37(40,41)42/h6-7,9-14,22-23,26-27H,4-5,8,15-21,24H2,1-3H3,(H,43,44). The number of alkyl halides is 3. The van der Waals surface area contributed by atoms with Crippen molar-refractivity contribution in [2.75, 3.05) is 45.7 Å². The van der Waals surface area contributed by atoms with Gasteiger partial charge in [-0.2, -0.15) is 0 Å². The average Bonchev–Trinajstić information content (AvgIpc) is 3.44. The van der Waals surface area contributed by atoms with Crippen LogP contribution in [0.25, 0.3) is 11.0 Å². The number of methoxy groups -OCH3 is 1. The Hall–Kier alpha value is -3.67. The smallest absolute Gasteiger partial charge is 0.497 e. The van der Waals surface area contributed by atoms with Crippen molar-refractivity contribution in [2.24, 2.45) is 0 Å². The molecule has 1 aliphatic heterocycles. The van der Waals surface area contributed by atoms with Crippen molar-refractivity contribution < 1.29 is 27.4 Å². The summed E-state index contributed by atoms with van der Waals surface area (Å²) in [5, 5.41) is 4.54. The van der Waals surface area contributed by atoms with E-state index in [4.69, 9.17) is 32.9 Å². The summed E-state index contributed by atoms with van der Waals surface area (Å²) in [5.74, 6) is -0.220. The molecule has 0 spiro atoms. The first-order valence-corrected chi connectivity index (χ1v) is 17.8. The second-order valence-corrected chi connectivity index (χ2v) is 13.6. The number of hydrogen-bond donors (Lipinski definition) is 1. The van der Waals surface area contributed by atoms with Gasteiger partial charge in [-0.1, -0.05) is 61.2 Å². The number of halogens is 5. The Balaban J connectivity index is 1.25. The monoisotopic (exact) mass is 733 g/mol. The van der Waals surface area contributed by atoms with Gasteiger partial charge in [0.1, 0.15) is 11.5 Å². The van der Waals surface area contributed by atoms with Crippen LogP contribution in [0.2, 0.25) is 10.0 Å². The van der Waals surface area contributed by atoms with Gasteiger partial charge in [-0.15, -0.1) is 13.2 Å². The molecular formula is C37H44Cl2F3N5O3. The first-order valence-electron chi connectivity index (χ1n) is 17.0. The Bertz CT molecular complexity index is 1740. The van der Waals surface area contributed by atoms with Crippen LogP contribution < -0.4 is 14.8 Å². The number of amides is 1. The summed E-state index contributed by atoms with van der Waals surface area (Å²) in [6.07, 6.45) is 1.06. The highest BCUT2D eigenvalue weighted by molar-refractivity contribution is 6.42. The van der Waals surface area contributed by atoms with Gasteiger partial charge >= 0.3 is 6.36 Å². The zero-order valence-corrected chi connectivity index (χ0v) is 30.1.